The largest absolute Gasteiger partial charge is 0.490 e. The first kappa shape index (κ1) is 22.7. The van der Waals surface area contributed by atoms with Crippen LogP contribution in [-0.4, -0.2) is 46.1 Å². The predicted molar refractivity (Wildman–Crippen MR) is 86.4 cm³/mol. The molecule has 0 heterocycles. The average Bonchev–Trinajstić information content (AvgIpc) is 2.52. The lowest BCUT2D eigenvalue weighted by Crippen LogP contribution is -2.36. The van der Waals surface area contributed by atoms with Crippen LogP contribution in [-0.2, 0) is 9.59 Å². The summed E-state index contributed by atoms with van der Waals surface area (Å²) >= 11 is 1.61. The highest BCUT2D eigenvalue weighted by atomic mass is 32.2. The lowest BCUT2D eigenvalue weighted by molar-refractivity contribution is -0.384. The van der Waals surface area contributed by atoms with Crippen LogP contribution in [0.5, 0.6) is 0 Å². The minimum Gasteiger partial charge on any atom is -0.475 e. The van der Waals surface area contributed by atoms with Gasteiger partial charge in [0.1, 0.15) is 0 Å². The van der Waals surface area contributed by atoms with Crippen LogP contribution in [0, 0.1) is 10.1 Å². The number of hydrogen-bond donors (Lipinski definition) is 3. The molecule has 0 radical (unpaired) electrons. The average molecular weight is 383 g/mol. The molecule has 0 saturated heterocycles. The number of nitrogens with zero attached hydrogens (tertiary/aromatic N) is 1. The van der Waals surface area contributed by atoms with Crippen molar-refractivity contribution in [1.29, 1.82) is 0 Å². The summed E-state index contributed by atoms with van der Waals surface area (Å²) in [5.41, 5.74) is 6.01. The summed E-state index contributed by atoms with van der Waals surface area (Å²) in [6.45, 7) is 0. The van der Waals surface area contributed by atoms with Gasteiger partial charge < -0.3 is 16.2 Å². The van der Waals surface area contributed by atoms with Gasteiger partial charge in [0, 0.05) is 17.8 Å². The van der Waals surface area contributed by atoms with Gasteiger partial charge in [-0.05, 0) is 24.5 Å². The molecule has 0 aromatic heterocycles. The van der Waals surface area contributed by atoms with Crippen LogP contribution in [0.3, 0.4) is 0 Å². The van der Waals surface area contributed by atoms with Crippen molar-refractivity contribution in [2.75, 3.05) is 17.3 Å². The van der Waals surface area contributed by atoms with Crippen molar-refractivity contribution in [3.63, 3.8) is 0 Å². The van der Waals surface area contributed by atoms with Crippen LogP contribution in [0.25, 0.3) is 0 Å². The summed E-state index contributed by atoms with van der Waals surface area (Å²) in [5.74, 6) is -2.29. The molecular formula is C13H16F3N3O5S. The SMILES string of the molecule is CSCC[C@H](N)C(=O)Nc1cccc([N+](=O)[O-])c1.O=C(O)C(F)(F)F. The molecule has 12 heteroatoms. The number of carbonyl (C=O) groups is 2. The van der Waals surface area contributed by atoms with Gasteiger partial charge in [0.15, 0.2) is 0 Å². The Morgan fingerprint density at radius 2 is 2.00 bits per heavy atom. The van der Waals surface area contributed by atoms with Crippen molar-refractivity contribution in [3.8, 4) is 0 Å². The van der Waals surface area contributed by atoms with E-state index >= 15 is 0 Å². The molecule has 0 unspecified atom stereocenters. The first-order valence-corrected chi connectivity index (χ1v) is 7.98. The number of benzene rings is 1. The molecule has 0 aliphatic carbocycles. The fraction of sp³-hybridized carbons (Fsp3) is 0.385. The summed E-state index contributed by atoms with van der Waals surface area (Å²) in [6.07, 6.45) is -2.58. The lowest BCUT2D eigenvalue weighted by Gasteiger charge is -2.11. The van der Waals surface area contributed by atoms with E-state index in [9.17, 15) is 28.1 Å². The normalized spacial score (nSPS) is 11.7. The Bertz CT molecular complexity index is 613. The second kappa shape index (κ2) is 10.5. The van der Waals surface area contributed by atoms with Crippen molar-refractivity contribution in [3.05, 3.63) is 34.4 Å². The molecule has 1 atom stereocenters. The molecule has 0 spiro atoms. The van der Waals surface area contributed by atoms with Gasteiger partial charge >= 0.3 is 12.1 Å². The molecule has 4 N–H and O–H groups in total. The van der Waals surface area contributed by atoms with Gasteiger partial charge in [-0.2, -0.15) is 24.9 Å². The number of nitro benzene ring substituents is 1. The summed E-state index contributed by atoms with van der Waals surface area (Å²) in [5, 5.41) is 20.3. The number of carboxylic acid groups (broad SMARTS) is 1. The molecule has 1 aromatic carbocycles. The number of nitrogens with two attached hydrogens (primary N) is 1. The number of alkyl halides is 3. The summed E-state index contributed by atoms with van der Waals surface area (Å²) < 4.78 is 31.7. The van der Waals surface area contributed by atoms with Crippen LogP contribution in [0.15, 0.2) is 24.3 Å². The Kier molecular flexibility index (Phi) is 9.53. The molecule has 8 nitrogen and oxygen atoms in total. The van der Waals surface area contributed by atoms with Gasteiger partial charge in [0.2, 0.25) is 5.91 Å². The fourth-order valence-corrected chi connectivity index (χ4v) is 1.80. The molecule has 1 amide bonds. The minimum absolute atomic E-state index is 0.0644. The van der Waals surface area contributed by atoms with E-state index in [2.05, 4.69) is 5.32 Å². The van der Waals surface area contributed by atoms with E-state index in [1.54, 1.807) is 17.8 Å². The van der Waals surface area contributed by atoms with Crippen LogP contribution >= 0.6 is 11.8 Å². The fourth-order valence-electron chi connectivity index (χ4n) is 1.31. The first-order chi connectivity index (χ1) is 11.5. The second-order valence-corrected chi connectivity index (χ2v) is 5.47. The van der Waals surface area contributed by atoms with Crippen molar-refractivity contribution in [2.24, 2.45) is 5.73 Å². The molecule has 0 aliphatic rings. The molecule has 1 rings (SSSR count). The van der Waals surface area contributed by atoms with Crippen molar-refractivity contribution in [2.45, 2.75) is 18.6 Å². The third-order valence-corrected chi connectivity index (χ3v) is 3.18. The number of halogens is 3. The number of aliphatic carboxylic acids is 1. The number of nitro groups is 1. The summed E-state index contributed by atoms with van der Waals surface area (Å²) in [6, 6.07) is 5.17. The highest BCUT2D eigenvalue weighted by Gasteiger charge is 2.38. The maximum absolute atomic E-state index is 11.7. The zero-order valence-corrected chi connectivity index (χ0v) is 13.8. The Morgan fingerprint density at radius 1 is 1.44 bits per heavy atom. The van der Waals surface area contributed by atoms with Gasteiger partial charge in [-0.25, -0.2) is 4.79 Å². The number of amides is 1. The number of thioether (sulfide) groups is 1. The maximum atomic E-state index is 11.7. The molecule has 25 heavy (non-hydrogen) atoms. The number of anilines is 1. The van der Waals surface area contributed by atoms with Crippen molar-refractivity contribution in [1.82, 2.24) is 0 Å². The number of carboxylic acids is 1. The minimum atomic E-state index is -5.08. The third-order valence-electron chi connectivity index (χ3n) is 2.54. The van der Waals surface area contributed by atoms with Crippen LogP contribution in [0.4, 0.5) is 24.5 Å². The first-order valence-electron chi connectivity index (χ1n) is 6.59. The van der Waals surface area contributed by atoms with E-state index in [4.69, 9.17) is 15.6 Å². The molecule has 0 bridgehead atoms. The van der Waals surface area contributed by atoms with Gasteiger partial charge in [0.05, 0.1) is 11.0 Å². The number of carbonyl (C=O) groups excluding carboxylic acids is 1. The molecule has 0 fully saturated rings. The quantitative estimate of drug-likeness (QED) is 0.506. The highest BCUT2D eigenvalue weighted by molar-refractivity contribution is 7.98. The van der Waals surface area contributed by atoms with Gasteiger partial charge in [0.25, 0.3) is 5.69 Å². The Morgan fingerprint density at radius 3 is 2.44 bits per heavy atom. The van der Waals surface area contributed by atoms with E-state index in [0.717, 1.165) is 5.75 Å². The number of rotatable bonds is 6. The Labute approximate surface area is 144 Å². The zero-order chi connectivity index (χ0) is 19.6. The van der Waals surface area contributed by atoms with Crippen LogP contribution in [0.2, 0.25) is 0 Å². The standard InChI is InChI=1S/C11H15N3O3S.C2HF3O2/c1-18-6-5-10(12)11(15)13-8-3-2-4-9(7-8)14(16)17;3-2(4,5)1(6)7/h2-4,7,10H,5-6,12H2,1H3,(H,13,15);(H,6,7)/t10-;/m0./s1. The zero-order valence-electron chi connectivity index (χ0n) is 12.9. The molecule has 0 saturated carbocycles. The molecule has 0 aliphatic heterocycles. The third kappa shape index (κ3) is 9.52. The van der Waals surface area contributed by atoms with Crippen LogP contribution < -0.4 is 11.1 Å². The summed E-state index contributed by atoms with van der Waals surface area (Å²) in [7, 11) is 0. The van der Waals surface area contributed by atoms with E-state index in [-0.39, 0.29) is 11.6 Å². The molecule has 1 aromatic rings. The number of hydrogen-bond acceptors (Lipinski definition) is 6. The summed E-state index contributed by atoms with van der Waals surface area (Å²) in [4.78, 5) is 30.6. The van der Waals surface area contributed by atoms with Crippen LogP contribution in [0.1, 0.15) is 6.42 Å². The van der Waals surface area contributed by atoms with E-state index in [1.807, 2.05) is 6.26 Å². The van der Waals surface area contributed by atoms with E-state index < -0.39 is 23.1 Å². The monoisotopic (exact) mass is 383 g/mol. The topological polar surface area (TPSA) is 136 Å². The van der Waals surface area contributed by atoms with E-state index in [0.29, 0.717) is 12.1 Å². The van der Waals surface area contributed by atoms with Crippen molar-refractivity contribution < 1.29 is 32.8 Å². The van der Waals surface area contributed by atoms with Gasteiger partial charge in [-0.1, -0.05) is 6.07 Å². The Hall–Kier alpha value is -2.34. The Balaban J connectivity index is 0.000000697. The van der Waals surface area contributed by atoms with Crippen molar-refractivity contribution >= 4 is 35.0 Å². The molecule has 140 valence electrons. The lowest BCUT2D eigenvalue weighted by atomic mass is 10.2. The molecular weight excluding hydrogens is 367 g/mol. The maximum Gasteiger partial charge on any atom is 0.490 e. The second-order valence-electron chi connectivity index (χ2n) is 4.49. The van der Waals surface area contributed by atoms with Gasteiger partial charge in [-0.3, -0.25) is 14.9 Å². The number of nitrogens with one attached hydrogen (secondary N) is 1. The van der Waals surface area contributed by atoms with E-state index in [1.165, 1.54) is 18.2 Å². The van der Waals surface area contributed by atoms with Gasteiger partial charge in [-0.15, -0.1) is 0 Å². The smallest absolute Gasteiger partial charge is 0.475 e. The predicted octanol–water partition coefficient (Wildman–Crippen LogP) is 2.25. The number of non-ortho nitro benzene ring substituents is 1. The highest BCUT2D eigenvalue weighted by Crippen LogP contribution is 2.17.